The number of hydrogen-bond acceptors (Lipinski definition) is 10. The van der Waals surface area contributed by atoms with Crippen molar-refractivity contribution in [3.05, 3.63) is 405 Å². The van der Waals surface area contributed by atoms with Gasteiger partial charge in [0, 0.05) is 69.1 Å². The first kappa shape index (κ1) is 78.1. The number of aliphatic imine (C=N–C) groups is 2. The highest BCUT2D eigenvalue weighted by atomic mass is 16.5. The summed E-state index contributed by atoms with van der Waals surface area (Å²) in [5, 5.41) is 24.4. The van der Waals surface area contributed by atoms with Crippen molar-refractivity contribution in [2.45, 2.75) is 104 Å². The van der Waals surface area contributed by atoms with E-state index >= 15 is 0 Å². The fourth-order valence-electron chi connectivity index (χ4n) is 12.4. The maximum Gasteiger partial charge on any atom is 0.128 e. The Morgan fingerprint density at radius 3 is 0.848 bits per heavy atom. The van der Waals surface area contributed by atoms with Crippen molar-refractivity contribution >= 4 is 36.7 Å². The van der Waals surface area contributed by atoms with Crippen LogP contribution in [0.1, 0.15) is 165 Å². The molecular formula is C102H92N2O8. The molecule has 0 saturated heterocycles. The Balaban J connectivity index is 0.763. The first-order valence-corrected chi connectivity index (χ1v) is 37.4. The second-order valence-corrected chi connectivity index (χ2v) is 29.4. The third kappa shape index (κ3) is 21.9. The van der Waals surface area contributed by atoms with E-state index in [1.807, 2.05) is 291 Å². The molecule has 0 aliphatic heterocycles. The lowest BCUT2D eigenvalue weighted by Crippen LogP contribution is -2.13. The fraction of sp³-hybridized carbons (Fsp3) is 0.157. The number of ether oxygens (including phenoxy) is 6. The summed E-state index contributed by atoms with van der Waals surface area (Å²) in [5.41, 5.74) is 16.3. The summed E-state index contributed by atoms with van der Waals surface area (Å²) in [7, 11) is 0. The largest absolute Gasteiger partial charge is 0.507 e. The summed E-state index contributed by atoms with van der Waals surface area (Å²) in [6.07, 6.45) is 10.7. The molecule has 0 unspecified atom stereocenters. The fourth-order valence-corrected chi connectivity index (χ4v) is 12.4. The van der Waals surface area contributed by atoms with Crippen LogP contribution in [0, 0.1) is 23.7 Å². The molecule has 0 aliphatic carbocycles. The van der Waals surface area contributed by atoms with E-state index in [-0.39, 0.29) is 24.7 Å². The molecule has 10 nitrogen and oxygen atoms in total. The Hall–Kier alpha value is -13.5. The van der Waals surface area contributed by atoms with Gasteiger partial charge >= 0.3 is 0 Å². The first-order chi connectivity index (χ1) is 54.3. The zero-order valence-electron chi connectivity index (χ0n) is 64.3. The van der Waals surface area contributed by atoms with Gasteiger partial charge in [0.15, 0.2) is 0 Å². The average Bonchev–Trinajstić information content (AvgIpc) is 0.796. The molecule has 0 aromatic heterocycles. The summed E-state index contributed by atoms with van der Waals surface area (Å²) in [5.74, 6) is 17.7. The molecule has 0 bridgehead atoms. The van der Waals surface area contributed by atoms with E-state index in [1.54, 1.807) is 12.4 Å². The van der Waals surface area contributed by atoms with Gasteiger partial charge in [-0.3, -0.25) is 9.98 Å². The summed E-state index contributed by atoms with van der Waals surface area (Å²) >= 11 is 0. The van der Waals surface area contributed by atoms with E-state index in [4.69, 9.17) is 38.4 Å². The Morgan fingerprint density at radius 2 is 0.571 bits per heavy atom. The second-order valence-electron chi connectivity index (χ2n) is 29.4. The highest BCUT2D eigenvalue weighted by Gasteiger charge is 2.27. The van der Waals surface area contributed by atoms with E-state index < -0.39 is 22.9 Å². The Labute approximate surface area is 659 Å². The van der Waals surface area contributed by atoms with Crippen LogP contribution in [0.15, 0.2) is 303 Å². The molecule has 2 N–H and O–H groups in total. The molecule has 12 aromatic carbocycles. The Kier molecular flexibility index (Phi) is 25.8. The van der Waals surface area contributed by atoms with Crippen LogP contribution in [0.25, 0.3) is 24.3 Å². The average molecular weight is 1470 g/mol. The maximum atomic E-state index is 12.2. The normalized spacial score (nSPS) is 11.8. The van der Waals surface area contributed by atoms with Gasteiger partial charge in [-0.15, -0.1) is 0 Å². The monoisotopic (exact) mass is 1470 g/mol. The predicted octanol–water partition coefficient (Wildman–Crippen LogP) is 23.6. The van der Waals surface area contributed by atoms with Crippen LogP contribution in [0.3, 0.4) is 0 Å². The molecule has 0 heterocycles. The molecule has 0 saturated carbocycles. The van der Waals surface area contributed by atoms with Crippen molar-refractivity contribution in [3.63, 3.8) is 0 Å². The molecule has 2 atom stereocenters. The van der Waals surface area contributed by atoms with Crippen LogP contribution in [-0.2, 0) is 50.5 Å². The Bertz CT molecular complexity index is 4950. The molecule has 12 rings (SSSR count). The minimum Gasteiger partial charge on any atom is -0.507 e. The predicted molar refractivity (Wildman–Crippen MR) is 457 cm³/mol. The third-order valence-electron chi connectivity index (χ3n) is 18.8. The lowest BCUT2D eigenvalue weighted by atomic mass is 9.84. The molecule has 558 valence electrons. The van der Waals surface area contributed by atoms with Crippen LogP contribution in [0.2, 0.25) is 0 Å². The van der Waals surface area contributed by atoms with Crippen molar-refractivity contribution < 1.29 is 38.6 Å². The van der Waals surface area contributed by atoms with Crippen LogP contribution in [0.5, 0.6) is 46.0 Å². The van der Waals surface area contributed by atoms with Crippen LogP contribution in [-0.4, -0.2) is 22.6 Å². The van der Waals surface area contributed by atoms with Crippen molar-refractivity contribution in [3.8, 4) is 69.7 Å². The van der Waals surface area contributed by atoms with Gasteiger partial charge < -0.3 is 38.6 Å². The number of phenolic OH excluding ortho intramolecular Hbond substituents is 2. The molecule has 0 fully saturated rings. The number of phenols is 2. The highest BCUT2D eigenvalue weighted by Crippen LogP contribution is 2.40. The van der Waals surface area contributed by atoms with Crippen molar-refractivity contribution in [1.29, 1.82) is 0 Å². The number of benzene rings is 12. The maximum absolute atomic E-state index is 12.2. The molecule has 0 spiro atoms. The third-order valence-corrected chi connectivity index (χ3v) is 18.8. The smallest absolute Gasteiger partial charge is 0.128 e. The van der Waals surface area contributed by atoms with Gasteiger partial charge in [-0.1, -0.05) is 274 Å². The first-order valence-electron chi connectivity index (χ1n) is 37.4. The molecule has 12 aromatic rings. The van der Waals surface area contributed by atoms with Gasteiger partial charge in [0.25, 0.3) is 0 Å². The van der Waals surface area contributed by atoms with Gasteiger partial charge in [-0.05, 0) is 175 Å². The van der Waals surface area contributed by atoms with Gasteiger partial charge in [-0.25, -0.2) is 0 Å². The molecular weight excluding hydrogens is 1380 g/mol. The SMILES string of the molecule is C=Cc1ccc(COc2cc(COc3ccc(C#Cc4cc(C=N[C@H](c5ccccc5)[C@H](N=Cc5cc(C#Cc6ccc(OCc7cc(OCc8ccc(C=C)cc8)cc(OCc8ccc(C=C)cc8)c7)cc6)cc(C(C)(C)C)c5O)c5ccccc5)c(O)c(C(C)(C)C)c4)cc3)cc(OCc3ccc(C=C)cc3)c2)cc1. The lowest BCUT2D eigenvalue weighted by Gasteiger charge is -2.24. The zero-order valence-corrected chi connectivity index (χ0v) is 64.3. The summed E-state index contributed by atoms with van der Waals surface area (Å²) in [6, 6.07) is 86.0. The minimum absolute atomic E-state index is 0.110. The number of rotatable bonds is 29. The number of hydrogen-bond donors (Lipinski definition) is 2. The van der Waals surface area contributed by atoms with Crippen molar-refractivity contribution in [1.82, 2.24) is 0 Å². The summed E-state index contributed by atoms with van der Waals surface area (Å²) < 4.78 is 38.1. The molecule has 10 heteroatoms. The van der Waals surface area contributed by atoms with Crippen LogP contribution < -0.4 is 28.4 Å². The van der Waals surface area contributed by atoms with E-state index in [0.717, 1.165) is 89.0 Å². The van der Waals surface area contributed by atoms with Gasteiger partial charge in [0.05, 0.1) is 0 Å². The number of nitrogens with zero attached hydrogens (tertiary/aromatic N) is 2. The second kappa shape index (κ2) is 37.0. The van der Waals surface area contributed by atoms with E-state index in [2.05, 4.69) is 91.5 Å². The minimum atomic E-state index is -0.601. The van der Waals surface area contributed by atoms with Gasteiger partial charge in [0.2, 0.25) is 0 Å². The standard InChI is InChI=1S/C102H92N2O8/c1-11-71-25-35-77(36-26-71)65-109-91-55-83(56-92(61-91)110-66-78-37-27-72(12-2)28-38-78)69-107-89-49-45-75(46-50-89)33-43-81-53-87(99(105)95(59-81)101(5,6)7)63-103-97(85-21-17-15-18-22-85)98(86-23-19-16-20-24-86)104-64-88-54-82(60-96(100(88)106)102(8,9)10)44-34-76-47-51-90(52-48-76)108-70-84-57-93(111-67-79-39-29-73(13-3)30-40-79)62-94(58-84)112-68-80-41-31-74(14-4)32-42-80/h11-32,35-42,45-64,97-98,105-106H,1-4,65-70H2,5-10H3/t97-,98-/m1/s1. The zero-order chi connectivity index (χ0) is 78.4. The van der Waals surface area contributed by atoms with Crippen molar-refractivity contribution in [2.24, 2.45) is 9.98 Å². The Morgan fingerprint density at radius 1 is 0.304 bits per heavy atom. The molecule has 0 radical (unpaired) electrons. The van der Waals surface area contributed by atoms with Gasteiger partial charge in [0.1, 0.15) is 97.7 Å². The van der Waals surface area contributed by atoms with Gasteiger partial charge in [-0.2, -0.15) is 0 Å². The van der Waals surface area contributed by atoms with Crippen LogP contribution >= 0.6 is 0 Å². The highest BCUT2D eigenvalue weighted by molar-refractivity contribution is 5.87. The van der Waals surface area contributed by atoms with Crippen LogP contribution in [0.4, 0.5) is 0 Å². The molecule has 0 amide bonds. The quantitative estimate of drug-likeness (QED) is 0.0351. The molecule has 112 heavy (non-hydrogen) atoms. The van der Waals surface area contributed by atoms with E-state index in [1.165, 1.54) is 0 Å². The topological polar surface area (TPSA) is 121 Å². The number of aromatic hydroxyl groups is 2. The van der Waals surface area contributed by atoms with E-state index in [9.17, 15) is 10.2 Å². The van der Waals surface area contributed by atoms with E-state index in [0.29, 0.717) is 83.2 Å². The van der Waals surface area contributed by atoms with Crippen molar-refractivity contribution in [2.75, 3.05) is 0 Å². The summed E-state index contributed by atoms with van der Waals surface area (Å²) in [4.78, 5) is 10.7. The summed E-state index contributed by atoms with van der Waals surface area (Å²) in [6.45, 7) is 29.9. The lowest BCUT2D eigenvalue weighted by molar-refractivity contribution is 0.281. The molecule has 0 aliphatic rings.